The number of pyridine rings is 1. The molecule has 3 heteroatoms. The molecule has 1 aromatic heterocycles. The number of fused-ring (bicyclic) bond motifs is 1. The van der Waals surface area contributed by atoms with Crippen LogP contribution in [0.15, 0.2) is 10.9 Å². The minimum absolute atomic E-state index is 0.0720. The number of rotatable bonds is 1. The van der Waals surface area contributed by atoms with Crippen LogP contribution < -0.4 is 5.56 Å². The predicted octanol–water partition coefficient (Wildman–Crippen LogP) is 2.50. The van der Waals surface area contributed by atoms with E-state index in [-0.39, 0.29) is 5.56 Å². The minimum Gasteiger partial charge on any atom is -0.376 e. The number of aromatic amines is 1. The highest BCUT2D eigenvalue weighted by Gasteiger charge is 2.20. The van der Waals surface area contributed by atoms with Crippen molar-refractivity contribution in [1.29, 1.82) is 0 Å². The van der Waals surface area contributed by atoms with Crippen molar-refractivity contribution in [2.24, 2.45) is 0 Å². The van der Waals surface area contributed by atoms with E-state index in [0.29, 0.717) is 12.5 Å². The van der Waals surface area contributed by atoms with Gasteiger partial charge in [-0.25, -0.2) is 0 Å². The van der Waals surface area contributed by atoms with E-state index in [2.05, 4.69) is 11.1 Å². The van der Waals surface area contributed by atoms with Gasteiger partial charge in [-0.15, -0.1) is 0 Å². The Hall–Kier alpha value is -1.09. The van der Waals surface area contributed by atoms with Gasteiger partial charge in [-0.1, -0.05) is 19.3 Å². The molecule has 3 nitrogen and oxygen atoms in total. The van der Waals surface area contributed by atoms with E-state index in [1.54, 1.807) is 0 Å². The highest BCUT2D eigenvalue weighted by atomic mass is 16.5. The Bertz CT molecular complexity index is 458. The Balaban J connectivity index is 1.95. The van der Waals surface area contributed by atoms with Crippen LogP contribution in [0, 0.1) is 0 Å². The van der Waals surface area contributed by atoms with Crippen molar-refractivity contribution >= 4 is 0 Å². The molecule has 1 aliphatic heterocycles. The summed E-state index contributed by atoms with van der Waals surface area (Å²) < 4.78 is 5.34. The van der Waals surface area contributed by atoms with E-state index >= 15 is 0 Å². The number of H-pyrrole nitrogens is 1. The van der Waals surface area contributed by atoms with Gasteiger partial charge in [0.1, 0.15) is 0 Å². The van der Waals surface area contributed by atoms with Crippen molar-refractivity contribution in [3.05, 3.63) is 33.2 Å². The second-order valence-electron chi connectivity index (χ2n) is 5.20. The van der Waals surface area contributed by atoms with E-state index in [1.165, 1.54) is 37.7 Å². The molecule has 92 valence electrons. The first kappa shape index (κ1) is 11.0. The lowest BCUT2D eigenvalue weighted by Gasteiger charge is -2.23. The van der Waals surface area contributed by atoms with Crippen LogP contribution in [-0.4, -0.2) is 11.6 Å². The molecule has 1 fully saturated rings. The van der Waals surface area contributed by atoms with Gasteiger partial charge in [0.15, 0.2) is 0 Å². The SMILES string of the molecule is O=c1[nH]c(C2CCCCC2)cc2c1COCC2. The average Bonchev–Trinajstić information content (AvgIpc) is 2.40. The number of aromatic nitrogens is 1. The van der Waals surface area contributed by atoms with E-state index < -0.39 is 0 Å². The number of ether oxygens (including phenoxy) is 1. The molecule has 0 radical (unpaired) electrons. The van der Waals surface area contributed by atoms with Gasteiger partial charge < -0.3 is 9.72 Å². The summed E-state index contributed by atoms with van der Waals surface area (Å²) in [6, 6.07) is 2.22. The van der Waals surface area contributed by atoms with E-state index in [9.17, 15) is 4.79 Å². The zero-order valence-electron chi connectivity index (χ0n) is 10.1. The quantitative estimate of drug-likeness (QED) is 0.809. The standard InChI is InChI=1S/C14H19NO2/c16-14-12-9-17-7-6-11(12)8-13(15-14)10-4-2-1-3-5-10/h8,10H,1-7,9H2,(H,15,16). The van der Waals surface area contributed by atoms with Crippen molar-refractivity contribution in [3.63, 3.8) is 0 Å². The molecule has 0 spiro atoms. The van der Waals surface area contributed by atoms with Gasteiger partial charge in [0.25, 0.3) is 5.56 Å². The Labute approximate surface area is 101 Å². The topological polar surface area (TPSA) is 42.1 Å². The first-order chi connectivity index (χ1) is 8.34. The van der Waals surface area contributed by atoms with E-state index in [0.717, 1.165) is 24.3 Å². The molecule has 0 unspecified atom stereocenters. The summed E-state index contributed by atoms with van der Waals surface area (Å²) in [6.07, 6.45) is 7.29. The Morgan fingerprint density at radius 1 is 1.24 bits per heavy atom. The maximum Gasteiger partial charge on any atom is 0.253 e. The third-order valence-corrected chi connectivity index (χ3v) is 4.06. The van der Waals surface area contributed by atoms with Gasteiger partial charge in [-0.3, -0.25) is 4.79 Å². The van der Waals surface area contributed by atoms with Crippen LogP contribution in [0.25, 0.3) is 0 Å². The molecule has 2 aliphatic rings. The third kappa shape index (κ3) is 2.16. The molecule has 0 aromatic carbocycles. The molecule has 0 amide bonds. The predicted molar refractivity (Wildman–Crippen MR) is 66.2 cm³/mol. The smallest absolute Gasteiger partial charge is 0.253 e. The van der Waals surface area contributed by atoms with Gasteiger partial charge in [0.2, 0.25) is 0 Å². The number of hydrogen-bond acceptors (Lipinski definition) is 2. The van der Waals surface area contributed by atoms with Gasteiger partial charge >= 0.3 is 0 Å². The summed E-state index contributed by atoms with van der Waals surface area (Å²) >= 11 is 0. The fourth-order valence-electron chi connectivity index (χ4n) is 3.03. The molecular weight excluding hydrogens is 214 g/mol. The van der Waals surface area contributed by atoms with Crippen molar-refractivity contribution in [1.82, 2.24) is 4.98 Å². The second kappa shape index (κ2) is 4.65. The summed E-state index contributed by atoms with van der Waals surface area (Å²) in [7, 11) is 0. The summed E-state index contributed by atoms with van der Waals surface area (Å²) in [5.41, 5.74) is 3.29. The minimum atomic E-state index is 0.0720. The van der Waals surface area contributed by atoms with E-state index in [1.807, 2.05) is 0 Å². The number of nitrogens with one attached hydrogen (secondary N) is 1. The van der Waals surface area contributed by atoms with E-state index in [4.69, 9.17) is 4.74 Å². The fourth-order valence-corrected chi connectivity index (χ4v) is 3.03. The first-order valence-electron chi connectivity index (χ1n) is 6.67. The Morgan fingerprint density at radius 2 is 2.06 bits per heavy atom. The van der Waals surface area contributed by atoms with Crippen LogP contribution in [0.2, 0.25) is 0 Å². The van der Waals surface area contributed by atoms with Crippen LogP contribution in [0.4, 0.5) is 0 Å². The Morgan fingerprint density at radius 3 is 2.88 bits per heavy atom. The summed E-state index contributed by atoms with van der Waals surface area (Å²) in [5.74, 6) is 0.574. The maximum atomic E-state index is 12.0. The van der Waals surface area contributed by atoms with Crippen molar-refractivity contribution < 1.29 is 4.74 Å². The van der Waals surface area contributed by atoms with Gasteiger partial charge in [0.05, 0.1) is 13.2 Å². The maximum absolute atomic E-state index is 12.0. The van der Waals surface area contributed by atoms with Crippen LogP contribution in [0.1, 0.15) is 54.8 Å². The molecule has 1 aromatic rings. The lowest BCUT2D eigenvalue weighted by molar-refractivity contribution is 0.109. The number of hydrogen-bond donors (Lipinski definition) is 1. The summed E-state index contributed by atoms with van der Waals surface area (Å²) in [5, 5.41) is 0. The van der Waals surface area contributed by atoms with Crippen LogP contribution in [0.5, 0.6) is 0 Å². The van der Waals surface area contributed by atoms with Gasteiger partial charge in [0, 0.05) is 11.3 Å². The third-order valence-electron chi connectivity index (χ3n) is 4.06. The molecule has 17 heavy (non-hydrogen) atoms. The van der Waals surface area contributed by atoms with Crippen molar-refractivity contribution in [2.75, 3.05) is 6.61 Å². The van der Waals surface area contributed by atoms with Crippen molar-refractivity contribution in [3.8, 4) is 0 Å². The normalized spacial score (nSPS) is 21.2. The fraction of sp³-hybridized carbons (Fsp3) is 0.643. The Kier molecular flexibility index (Phi) is 3.02. The molecule has 1 aliphatic carbocycles. The van der Waals surface area contributed by atoms with Gasteiger partial charge in [-0.2, -0.15) is 0 Å². The largest absolute Gasteiger partial charge is 0.376 e. The van der Waals surface area contributed by atoms with Crippen molar-refractivity contribution in [2.45, 2.75) is 51.0 Å². The first-order valence-corrected chi connectivity index (χ1v) is 6.67. The molecule has 1 saturated carbocycles. The molecule has 3 rings (SSSR count). The summed E-state index contributed by atoms with van der Waals surface area (Å²) in [6.45, 7) is 1.23. The molecule has 0 atom stereocenters. The molecule has 0 saturated heterocycles. The molecule has 0 bridgehead atoms. The lowest BCUT2D eigenvalue weighted by Crippen LogP contribution is -2.24. The highest BCUT2D eigenvalue weighted by Crippen LogP contribution is 2.32. The highest BCUT2D eigenvalue weighted by molar-refractivity contribution is 5.29. The lowest BCUT2D eigenvalue weighted by atomic mass is 9.85. The molecular formula is C14H19NO2. The zero-order valence-corrected chi connectivity index (χ0v) is 10.1. The van der Waals surface area contributed by atoms with Crippen LogP contribution in [0.3, 0.4) is 0 Å². The zero-order chi connectivity index (χ0) is 11.7. The van der Waals surface area contributed by atoms with Gasteiger partial charge in [-0.05, 0) is 36.8 Å². The monoisotopic (exact) mass is 233 g/mol. The molecule has 2 heterocycles. The summed E-state index contributed by atoms with van der Waals surface area (Å²) in [4.78, 5) is 15.1. The average molecular weight is 233 g/mol. The van der Waals surface area contributed by atoms with Crippen LogP contribution >= 0.6 is 0 Å². The van der Waals surface area contributed by atoms with Crippen LogP contribution in [-0.2, 0) is 17.8 Å². The second-order valence-corrected chi connectivity index (χ2v) is 5.20. The molecule has 1 N–H and O–H groups in total.